The first-order valence-corrected chi connectivity index (χ1v) is 7.15. The lowest BCUT2D eigenvalue weighted by Crippen LogP contribution is -2.46. The first-order valence-electron chi connectivity index (χ1n) is 6.36. The van der Waals surface area contributed by atoms with Crippen LogP contribution in [0.3, 0.4) is 0 Å². The molecule has 0 radical (unpaired) electrons. The van der Waals surface area contributed by atoms with Crippen LogP contribution in [0.25, 0.3) is 0 Å². The van der Waals surface area contributed by atoms with E-state index in [-0.39, 0.29) is 11.8 Å². The van der Waals surface area contributed by atoms with Gasteiger partial charge >= 0.3 is 0 Å². The molecule has 1 aliphatic rings. The van der Waals surface area contributed by atoms with E-state index in [0.29, 0.717) is 12.2 Å². The zero-order chi connectivity index (χ0) is 13.3. The summed E-state index contributed by atoms with van der Waals surface area (Å²) in [6.45, 7) is 5.96. The molecule has 1 fully saturated rings. The maximum absolute atomic E-state index is 12.4. The lowest BCUT2D eigenvalue weighted by Gasteiger charge is -2.34. The van der Waals surface area contributed by atoms with Crippen LogP contribution in [0.15, 0.2) is 16.7 Å². The Bertz CT molecular complexity index is 444. The van der Waals surface area contributed by atoms with Crippen LogP contribution in [0.4, 0.5) is 0 Å². The average molecular weight is 315 g/mol. The van der Waals surface area contributed by atoms with E-state index >= 15 is 0 Å². The summed E-state index contributed by atoms with van der Waals surface area (Å²) in [6, 6.07) is 1.84. The molecule has 0 saturated carbocycles. The van der Waals surface area contributed by atoms with Crippen molar-refractivity contribution in [1.29, 1.82) is 0 Å². The Balaban J connectivity index is 2.16. The minimum atomic E-state index is -0.406. The SMILES string of the molecule is CCn1cc(Br)cc1C(=O)N1CCC(C)C(O)C1. The van der Waals surface area contributed by atoms with Gasteiger partial charge < -0.3 is 14.6 Å². The predicted octanol–water partition coefficient (Wildman–Crippen LogP) is 2.11. The van der Waals surface area contributed by atoms with Crippen molar-refractivity contribution in [3.63, 3.8) is 0 Å². The molecule has 2 atom stereocenters. The van der Waals surface area contributed by atoms with E-state index < -0.39 is 6.10 Å². The molecule has 0 bridgehead atoms. The normalized spacial score (nSPS) is 24.3. The molecular formula is C13H19BrN2O2. The van der Waals surface area contributed by atoms with Crippen LogP contribution in [-0.2, 0) is 6.54 Å². The second kappa shape index (κ2) is 5.45. The molecule has 1 aliphatic heterocycles. The average Bonchev–Trinajstić information content (AvgIpc) is 2.73. The zero-order valence-electron chi connectivity index (χ0n) is 10.8. The van der Waals surface area contributed by atoms with E-state index in [9.17, 15) is 9.90 Å². The van der Waals surface area contributed by atoms with E-state index in [1.54, 1.807) is 4.90 Å². The van der Waals surface area contributed by atoms with E-state index in [4.69, 9.17) is 0 Å². The number of carbonyl (C=O) groups excluding carboxylic acids is 1. The molecule has 1 aromatic heterocycles. The van der Waals surface area contributed by atoms with Gasteiger partial charge in [0.15, 0.2) is 0 Å². The van der Waals surface area contributed by atoms with Crippen LogP contribution in [-0.4, -0.2) is 39.7 Å². The van der Waals surface area contributed by atoms with E-state index in [1.165, 1.54) is 0 Å². The number of piperidine rings is 1. The Hall–Kier alpha value is -0.810. The molecule has 4 nitrogen and oxygen atoms in total. The Morgan fingerprint density at radius 3 is 2.94 bits per heavy atom. The number of aryl methyl sites for hydroxylation is 1. The highest BCUT2D eigenvalue weighted by Gasteiger charge is 2.29. The highest BCUT2D eigenvalue weighted by molar-refractivity contribution is 9.10. The third-order valence-corrected chi connectivity index (χ3v) is 4.06. The van der Waals surface area contributed by atoms with Crippen molar-refractivity contribution in [3.8, 4) is 0 Å². The fourth-order valence-electron chi connectivity index (χ4n) is 2.31. The zero-order valence-corrected chi connectivity index (χ0v) is 12.4. The third kappa shape index (κ3) is 2.62. The number of nitrogens with zero attached hydrogens (tertiary/aromatic N) is 2. The Labute approximate surface area is 116 Å². The van der Waals surface area contributed by atoms with Crippen molar-refractivity contribution in [3.05, 3.63) is 22.4 Å². The molecular weight excluding hydrogens is 296 g/mol. The van der Waals surface area contributed by atoms with Gasteiger partial charge in [0.25, 0.3) is 5.91 Å². The number of β-amino-alcohol motifs (C(OH)–C–C–N with tert-alkyl or cyclic N) is 1. The number of hydrogen-bond donors (Lipinski definition) is 1. The van der Waals surface area contributed by atoms with E-state index in [2.05, 4.69) is 15.9 Å². The lowest BCUT2D eigenvalue weighted by atomic mass is 9.96. The van der Waals surface area contributed by atoms with Crippen molar-refractivity contribution >= 4 is 21.8 Å². The second-order valence-electron chi connectivity index (χ2n) is 4.91. The molecule has 1 N–H and O–H groups in total. The van der Waals surface area contributed by atoms with Gasteiger partial charge in [0, 0.05) is 30.3 Å². The Morgan fingerprint density at radius 2 is 2.33 bits per heavy atom. The van der Waals surface area contributed by atoms with Crippen LogP contribution in [0.2, 0.25) is 0 Å². The molecule has 1 amide bonds. The molecule has 2 rings (SSSR count). The number of amides is 1. The van der Waals surface area contributed by atoms with Crippen LogP contribution in [0.5, 0.6) is 0 Å². The summed E-state index contributed by atoms with van der Waals surface area (Å²) in [6.07, 6.45) is 2.37. The number of halogens is 1. The number of aliphatic hydroxyl groups excluding tert-OH is 1. The fraction of sp³-hybridized carbons (Fsp3) is 0.615. The van der Waals surface area contributed by atoms with Gasteiger partial charge in [-0.3, -0.25) is 4.79 Å². The van der Waals surface area contributed by atoms with Gasteiger partial charge in [-0.25, -0.2) is 0 Å². The molecule has 100 valence electrons. The largest absolute Gasteiger partial charge is 0.391 e. The Morgan fingerprint density at radius 1 is 1.61 bits per heavy atom. The van der Waals surface area contributed by atoms with Crippen molar-refractivity contribution in [2.45, 2.75) is 32.9 Å². The van der Waals surface area contributed by atoms with Crippen molar-refractivity contribution in [2.75, 3.05) is 13.1 Å². The number of aromatic nitrogens is 1. The van der Waals surface area contributed by atoms with Crippen molar-refractivity contribution in [2.24, 2.45) is 5.92 Å². The van der Waals surface area contributed by atoms with Gasteiger partial charge in [-0.2, -0.15) is 0 Å². The smallest absolute Gasteiger partial charge is 0.270 e. The first-order chi connectivity index (χ1) is 8.52. The van der Waals surface area contributed by atoms with Gasteiger partial charge in [-0.15, -0.1) is 0 Å². The molecule has 5 heteroatoms. The van der Waals surface area contributed by atoms with E-state index in [1.807, 2.05) is 30.7 Å². The molecule has 2 heterocycles. The maximum atomic E-state index is 12.4. The maximum Gasteiger partial charge on any atom is 0.270 e. The van der Waals surface area contributed by atoms with Crippen LogP contribution >= 0.6 is 15.9 Å². The summed E-state index contributed by atoms with van der Waals surface area (Å²) >= 11 is 3.40. The van der Waals surface area contributed by atoms with Gasteiger partial charge in [-0.05, 0) is 41.3 Å². The highest BCUT2D eigenvalue weighted by atomic mass is 79.9. The van der Waals surface area contributed by atoms with Gasteiger partial charge in [0.1, 0.15) is 5.69 Å². The summed E-state index contributed by atoms with van der Waals surface area (Å²) in [5.74, 6) is 0.284. The molecule has 0 aromatic carbocycles. The van der Waals surface area contributed by atoms with Gasteiger partial charge in [0.05, 0.1) is 6.10 Å². The van der Waals surface area contributed by atoms with Crippen molar-refractivity contribution in [1.82, 2.24) is 9.47 Å². The molecule has 2 unspecified atom stereocenters. The van der Waals surface area contributed by atoms with Crippen LogP contribution < -0.4 is 0 Å². The van der Waals surface area contributed by atoms with Crippen molar-refractivity contribution < 1.29 is 9.90 Å². The lowest BCUT2D eigenvalue weighted by molar-refractivity contribution is 0.0242. The predicted molar refractivity (Wildman–Crippen MR) is 73.5 cm³/mol. The molecule has 18 heavy (non-hydrogen) atoms. The van der Waals surface area contributed by atoms with E-state index in [0.717, 1.165) is 24.0 Å². The number of aliphatic hydroxyl groups is 1. The summed E-state index contributed by atoms with van der Waals surface area (Å²) in [5, 5.41) is 9.87. The second-order valence-corrected chi connectivity index (χ2v) is 5.83. The number of likely N-dealkylation sites (tertiary alicyclic amines) is 1. The highest BCUT2D eigenvalue weighted by Crippen LogP contribution is 2.21. The third-order valence-electron chi connectivity index (χ3n) is 3.63. The minimum absolute atomic E-state index is 0.00787. The van der Waals surface area contributed by atoms with Gasteiger partial charge in [0.2, 0.25) is 0 Å². The Kier molecular flexibility index (Phi) is 4.12. The monoisotopic (exact) mass is 314 g/mol. The standard InChI is InChI=1S/C13H19BrN2O2/c1-3-15-7-10(14)6-11(15)13(18)16-5-4-9(2)12(17)8-16/h6-7,9,12,17H,3-5,8H2,1-2H3. The summed E-state index contributed by atoms with van der Waals surface area (Å²) < 4.78 is 2.84. The molecule has 0 spiro atoms. The number of carbonyl (C=O) groups is 1. The quantitative estimate of drug-likeness (QED) is 0.908. The number of rotatable bonds is 2. The first kappa shape index (κ1) is 13.6. The van der Waals surface area contributed by atoms with Crippen LogP contribution in [0.1, 0.15) is 30.8 Å². The summed E-state index contributed by atoms with van der Waals surface area (Å²) in [5.41, 5.74) is 0.686. The summed E-state index contributed by atoms with van der Waals surface area (Å²) in [7, 11) is 0. The van der Waals surface area contributed by atoms with Crippen LogP contribution in [0, 0.1) is 5.92 Å². The molecule has 1 saturated heterocycles. The molecule has 1 aromatic rings. The number of hydrogen-bond acceptors (Lipinski definition) is 2. The topological polar surface area (TPSA) is 45.5 Å². The summed E-state index contributed by atoms with van der Waals surface area (Å²) in [4.78, 5) is 14.2. The molecule has 0 aliphatic carbocycles. The van der Waals surface area contributed by atoms with Gasteiger partial charge in [-0.1, -0.05) is 6.92 Å². The fourth-order valence-corrected chi connectivity index (χ4v) is 2.77. The minimum Gasteiger partial charge on any atom is -0.391 e.